The van der Waals surface area contributed by atoms with E-state index >= 15 is 0 Å². The van der Waals surface area contributed by atoms with Gasteiger partial charge in [-0.1, -0.05) is 23.7 Å². The molecule has 6 heteroatoms. The van der Waals surface area contributed by atoms with Gasteiger partial charge in [0.15, 0.2) is 0 Å². The molecule has 1 N–H and O–H groups in total. The molecule has 1 aliphatic rings. The largest absolute Gasteiger partial charge is 0.314 e. The molecule has 1 aromatic carbocycles. The molecule has 1 saturated heterocycles. The Morgan fingerprint density at radius 2 is 1.95 bits per heavy atom. The smallest absolute Gasteiger partial charge is 0.0548 e. The van der Waals surface area contributed by atoms with Gasteiger partial charge in [0.1, 0.15) is 0 Å². The monoisotopic (exact) mass is 386 g/mol. The van der Waals surface area contributed by atoms with Crippen molar-refractivity contribution in [1.29, 1.82) is 0 Å². The minimum absolute atomic E-state index is 0. The fraction of sp³-hybridized carbons (Fsp3) is 0.385. The molecule has 0 radical (unpaired) electrons. The number of piperazine rings is 1. The lowest BCUT2D eigenvalue weighted by molar-refractivity contribution is 0.203. The number of nitrogens with zero attached hydrogens (tertiary/aromatic N) is 1. The lowest BCUT2D eigenvalue weighted by Crippen LogP contribution is -2.44. The van der Waals surface area contributed by atoms with E-state index in [1.807, 2.05) is 12.1 Å². The average molecular weight is 389 g/mol. The number of benzene rings is 1. The van der Waals surface area contributed by atoms with Crippen LogP contribution >= 0.6 is 52.3 Å². The average Bonchev–Trinajstić information content (AvgIpc) is 2.36. The molecule has 0 spiro atoms. The molecule has 2 rings (SSSR count). The van der Waals surface area contributed by atoms with E-state index in [4.69, 9.17) is 11.6 Å². The Balaban J connectivity index is 0.00000162. The van der Waals surface area contributed by atoms with E-state index in [1.54, 1.807) is 0 Å². The van der Waals surface area contributed by atoms with E-state index in [1.165, 1.54) is 5.56 Å². The van der Waals surface area contributed by atoms with Crippen LogP contribution in [-0.4, -0.2) is 31.1 Å². The molecule has 1 atom stereocenters. The van der Waals surface area contributed by atoms with Gasteiger partial charge in [0.25, 0.3) is 0 Å². The molecule has 0 bridgehead atoms. The van der Waals surface area contributed by atoms with Crippen molar-refractivity contribution in [3.63, 3.8) is 0 Å². The third kappa shape index (κ3) is 4.92. The maximum atomic E-state index is 6.02. The molecule has 1 aliphatic heterocycles. The van der Waals surface area contributed by atoms with Crippen LogP contribution in [0.5, 0.6) is 0 Å². The quantitative estimate of drug-likeness (QED) is 0.785. The van der Waals surface area contributed by atoms with Crippen molar-refractivity contribution in [1.82, 2.24) is 10.2 Å². The van der Waals surface area contributed by atoms with E-state index in [2.05, 4.69) is 44.9 Å². The molecule has 1 aromatic rings. The van der Waals surface area contributed by atoms with Crippen LogP contribution in [0.1, 0.15) is 11.6 Å². The minimum Gasteiger partial charge on any atom is -0.314 e. The zero-order valence-corrected chi connectivity index (χ0v) is 14.4. The molecule has 1 heterocycles. The highest BCUT2D eigenvalue weighted by atomic mass is 79.9. The van der Waals surface area contributed by atoms with Crippen molar-refractivity contribution < 1.29 is 0 Å². The van der Waals surface area contributed by atoms with Crippen molar-refractivity contribution in [2.75, 3.05) is 26.2 Å². The maximum absolute atomic E-state index is 6.02. The van der Waals surface area contributed by atoms with Crippen molar-refractivity contribution in [3.05, 3.63) is 45.9 Å². The Bertz CT molecular complexity index is 409. The molecular formula is C13H18BrCl3N2. The number of hydrogen-bond acceptors (Lipinski definition) is 2. The Morgan fingerprint density at radius 3 is 2.47 bits per heavy atom. The van der Waals surface area contributed by atoms with Crippen molar-refractivity contribution >= 4 is 52.3 Å². The normalized spacial score (nSPS) is 16.9. The summed E-state index contributed by atoms with van der Waals surface area (Å²) in [7, 11) is 0. The van der Waals surface area contributed by atoms with Gasteiger partial charge in [-0.3, -0.25) is 4.90 Å². The highest BCUT2D eigenvalue weighted by Gasteiger charge is 2.19. The zero-order chi connectivity index (χ0) is 12.3. The van der Waals surface area contributed by atoms with Crippen LogP contribution in [0.3, 0.4) is 0 Å². The number of nitrogens with one attached hydrogen (secondary N) is 1. The predicted octanol–water partition coefficient (Wildman–Crippen LogP) is 4.08. The van der Waals surface area contributed by atoms with Crippen LogP contribution in [-0.2, 0) is 0 Å². The van der Waals surface area contributed by atoms with E-state index in [-0.39, 0.29) is 30.9 Å². The van der Waals surface area contributed by atoms with Gasteiger partial charge in [-0.2, -0.15) is 0 Å². The third-order valence-corrected chi connectivity index (χ3v) is 4.27. The Morgan fingerprint density at radius 1 is 1.32 bits per heavy atom. The Labute approximate surface area is 140 Å². The SMILES string of the molecule is C=C[C@H](c1ccc(Cl)c(Br)c1)N1CCNCC1.Cl.Cl. The summed E-state index contributed by atoms with van der Waals surface area (Å²) in [5, 5.41) is 4.11. The van der Waals surface area contributed by atoms with Gasteiger partial charge < -0.3 is 5.32 Å². The second-order valence-corrected chi connectivity index (χ2v) is 5.40. The summed E-state index contributed by atoms with van der Waals surface area (Å²) in [5.74, 6) is 0. The van der Waals surface area contributed by atoms with E-state index < -0.39 is 0 Å². The first kappa shape index (κ1) is 19.2. The summed E-state index contributed by atoms with van der Waals surface area (Å²) in [5.41, 5.74) is 1.23. The van der Waals surface area contributed by atoms with Crippen LogP contribution in [0, 0.1) is 0 Å². The molecule has 0 saturated carbocycles. The zero-order valence-electron chi connectivity index (χ0n) is 10.4. The predicted molar refractivity (Wildman–Crippen MR) is 91.0 cm³/mol. The Kier molecular flexibility index (Phi) is 9.33. The topological polar surface area (TPSA) is 15.3 Å². The van der Waals surface area contributed by atoms with Crippen LogP contribution in [0.2, 0.25) is 5.02 Å². The third-order valence-electron chi connectivity index (χ3n) is 3.05. The molecule has 1 fully saturated rings. The first-order chi connectivity index (χ1) is 8.22. The van der Waals surface area contributed by atoms with Gasteiger partial charge in [-0.05, 0) is 33.6 Å². The van der Waals surface area contributed by atoms with E-state index in [0.29, 0.717) is 0 Å². The second-order valence-electron chi connectivity index (χ2n) is 4.14. The van der Waals surface area contributed by atoms with Gasteiger partial charge in [0, 0.05) is 30.7 Å². The molecule has 0 aromatic heterocycles. The Hall–Kier alpha value is 0.230. The summed E-state index contributed by atoms with van der Waals surface area (Å²) in [6.07, 6.45) is 2.00. The second kappa shape index (κ2) is 9.22. The van der Waals surface area contributed by atoms with Gasteiger partial charge in [-0.25, -0.2) is 0 Å². The van der Waals surface area contributed by atoms with E-state index in [9.17, 15) is 0 Å². The van der Waals surface area contributed by atoms with Gasteiger partial charge in [0.2, 0.25) is 0 Å². The molecule has 2 nitrogen and oxygen atoms in total. The van der Waals surface area contributed by atoms with Gasteiger partial charge in [-0.15, -0.1) is 31.4 Å². The standard InChI is InChI=1S/C13H16BrClN2.2ClH/c1-2-13(17-7-5-16-6-8-17)10-3-4-12(15)11(14)9-10;;/h2-4,9,13,16H,1,5-8H2;2*1H/t13-;;/m1../s1. The molecular weight excluding hydrogens is 370 g/mol. The molecule has 0 amide bonds. The lowest BCUT2D eigenvalue weighted by atomic mass is 10.0. The summed E-state index contributed by atoms with van der Waals surface area (Å²) < 4.78 is 0.943. The number of halogens is 4. The number of rotatable bonds is 3. The molecule has 19 heavy (non-hydrogen) atoms. The van der Waals surface area contributed by atoms with Crippen molar-refractivity contribution in [2.45, 2.75) is 6.04 Å². The molecule has 108 valence electrons. The van der Waals surface area contributed by atoms with Crippen LogP contribution in [0.25, 0.3) is 0 Å². The van der Waals surface area contributed by atoms with E-state index in [0.717, 1.165) is 35.7 Å². The molecule has 0 unspecified atom stereocenters. The summed E-state index contributed by atoms with van der Waals surface area (Å²) in [4.78, 5) is 2.43. The lowest BCUT2D eigenvalue weighted by Gasteiger charge is -2.33. The summed E-state index contributed by atoms with van der Waals surface area (Å²) in [6.45, 7) is 8.14. The fourth-order valence-electron chi connectivity index (χ4n) is 2.15. The van der Waals surface area contributed by atoms with Crippen LogP contribution in [0.4, 0.5) is 0 Å². The minimum atomic E-state index is 0. The van der Waals surface area contributed by atoms with Crippen molar-refractivity contribution in [3.8, 4) is 0 Å². The maximum Gasteiger partial charge on any atom is 0.0548 e. The van der Waals surface area contributed by atoms with Crippen molar-refractivity contribution in [2.24, 2.45) is 0 Å². The van der Waals surface area contributed by atoms with Crippen LogP contribution < -0.4 is 5.32 Å². The highest BCUT2D eigenvalue weighted by Crippen LogP contribution is 2.29. The first-order valence-corrected chi connectivity index (χ1v) is 6.91. The van der Waals surface area contributed by atoms with Gasteiger partial charge in [0.05, 0.1) is 11.1 Å². The van der Waals surface area contributed by atoms with Crippen LogP contribution in [0.15, 0.2) is 35.3 Å². The fourth-order valence-corrected chi connectivity index (χ4v) is 2.67. The first-order valence-electron chi connectivity index (χ1n) is 5.74. The highest BCUT2D eigenvalue weighted by molar-refractivity contribution is 9.10. The summed E-state index contributed by atoms with van der Waals surface area (Å²) in [6, 6.07) is 6.35. The number of hydrogen-bond donors (Lipinski definition) is 1. The van der Waals surface area contributed by atoms with Gasteiger partial charge >= 0.3 is 0 Å². The summed E-state index contributed by atoms with van der Waals surface area (Å²) >= 11 is 9.49. The molecule has 0 aliphatic carbocycles.